The Bertz CT molecular complexity index is 1170. The van der Waals surface area contributed by atoms with Crippen LogP contribution in [0.25, 0.3) is 11.0 Å². The zero-order chi connectivity index (χ0) is 21.8. The molecule has 31 heavy (non-hydrogen) atoms. The summed E-state index contributed by atoms with van der Waals surface area (Å²) < 4.78 is 0. The van der Waals surface area contributed by atoms with E-state index in [1.54, 1.807) is 0 Å². The van der Waals surface area contributed by atoms with Crippen molar-refractivity contribution in [1.82, 2.24) is 14.9 Å². The van der Waals surface area contributed by atoms with Gasteiger partial charge in [-0.2, -0.15) is 0 Å². The van der Waals surface area contributed by atoms with Crippen molar-refractivity contribution in [2.45, 2.75) is 65.3 Å². The van der Waals surface area contributed by atoms with Crippen molar-refractivity contribution >= 4 is 11.0 Å². The molecule has 3 heteroatoms. The lowest BCUT2D eigenvalue weighted by Crippen LogP contribution is -2.40. The van der Waals surface area contributed by atoms with Crippen LogP contribution in [0.3, 0.4) is 0 Å². The molecule has 1 unspecified atom stereocenters. The molecule has 2 aliphatic rings. The number of likely N-dealkylation sites (tertiary alicyclic amines) is 1. The van der Waals surface area contributed by atoms with Crippen LogP contribution in [0.2, 0.25) is 0 Å². The first-order chi connectivity index (χ1) is 14.9. The third-order valence-corrected chi connectivity index (χ3v) is 7.43. The molecule has 2 aromatic carbocycles. The van der Waals surface area contributed by atoms with Gasteiger partial charge in [-0.1, -0.05) is 30.3 Å². The summed E-state index contributed by atoms with van der Waals surface area (Å²) in [6.07, 6.45) is 9.59. The van der Waals surface area contributed by atoms with Crippen molar-refractivity contribution in [3.05, 3.63) is 87.9 Å². The summed E-state index contributed by atoms with van der Waals surface area (Å²) >= 11 is 0. The molecule has 1 fully saturated rings. The highest BCUT2D eigenvalue weighted by Gasteiger charge is 2.42. The van der Waals surface area contributed by atoms with E-state index in [2.05, 4.69) is 93.1 Å². The van der Waals surface area contributed by atoms with Crippen LogP contribution in [0.5, 0.6) is 0 Å². The number of H-pyrrole nitrogens is 1. The van der Waals surface area contributed by atoms with Crippen molar-refractivity contribution in [3.8, 4) is 0 Å². The van der Waals surface area contributed by atoms with Gasteiger partial charge in [-0.15, -0.1) is 0 Å². The van der Waals surface area contributed by atoms with Crippen molar-refractivity contribution in [2.75, 3.05) is 6.54 Å². The van der Waals surface area contributed by atoms with Crippen molar-refractivity contribution in [2.24, 2.45) is 0 Å². The van der Waals surface area contributed by atoms with Crippen LogP contribution in [-0.4, -0.2) is 21.4 Å². The zero-order valence-corrected chi connectivity index (χ0v) is 19.3. The maximum Gasteiger partial charge on any atom is 0.132 e. The highest BCUT2D eigenvalue weighted by molar-refractivity contribution is 5.77. The lowest BCUT2D eigenvalue weighted by atomic mass is 9.85. The van der Waals surface area contributed by atoms with Gasteiger partial charge in [0.25, 0.3) is 0 Å². The average Bonchev–Trinajstić information content (AvgIpc) is 3.34. The minimum atomic E-state index is -0.147. The molecule has 0 spiro atoms. The molecule has 1 aliphatic heterocycles. The topological polar surface area (TPSA) is 31.9 Å². The van der Waals surface area contributed by atoms with Gasteiger partial charge < -0.3 is 9.88 Å². The Balaban J connectivity index is 1.56. The molecule has 1 aliphatic carbocycles. The zero-order valence-electron chi connectivity index (χ0n) is 19.3. The fourth-order valence-electron chi connectivity index (χ4n) is 5.29. The lowest BCUT2D eigenvalue weighted by Gasteiger charge is -2.39. The predicted octanol–water partition coefficient (Wildman–Crippen LogP) is 6.62. The minimum Gasteiger partial charge on any atom is -0.358 e. The highest BCUT2D eigenvalue weighted by atomic mass is 15.3. The third-order valence-electron chi connectivity index (χ3n) is 7.43. The van der Waals surface area contributed by atoms with E-state index in [0.29, 0.717) is 5.92 Å². The largest absolute Gasteiger partial charge is 0.358 e. The van der Waals surface area contributed by atoms with Gasteiger partial charge in [0, 0.05) is 18.2 Å². The second kappa shape index (κ2) is 7.40. The maximum absolute atomic E-state index is 5.07. The smallest absolute Gasteiger partial charge is 0.132 e. The molecule has 0 saturated carbocycles. The quantitative estimate of drug-likeness (QED) is 0.526. The molecule has 0 bridgehead atoms. The van der Waals surface area contributed by atoms with Crippen LogP contribution in [0.15, 0.2) is 53.7 Å². The summed E-state index contributed by atoms with van der Waals surface area (Å²) in [7, 11) is 0. The van der Waals surface area contributed by atoms with Gasteiger partial charge in [-0.05, 0) is 99.9 Å². The first-order valence-corrected chi connectivity index (χ1v) is 11.5. The summed E-state index contributed by atoms with van der Waals surface area (Å²) in [5.41, 5.74) is 9.98. The third kappa shape index (κ3) is 3.31. The highest BCUT2D eigenvalue weighted by Crippen LogP contribution is 2.44. The van der Waals surface area contributed by atoms with E-state index in [1.165, 1.54) is 39.9 Å². The number of nitrogens with zero attached hydrogens (tertiary/aromatic N) is 2. The van der Waals surface area contributed by atoms with E-state index in [4.69, 9.17) is 4.98 Å². The van der Waals surface area contributed by atoms with E-state index in [-0.39, 0.29) is 5.54 Å². The monoisotopic (exact) mass is 410 g/mol. The van der Waals surface area contributed by atoms with Crippen LogP contribution >= 0.6 is 0 Å². The number of hydrogen-bond acceptors (Lipinski definition) is 2. The van der Waals surface area contributed by atoms with Crippen molar-refractivity contribution in [1.29, 1.82) is 0 Å². The normalized spacial score (nSPS) is 23.9. The van der Waals surface area contributed by atoms with Gasteiger partial charge in [0.1, 0.15) is 5.82 Å². The number of allylic oxidation sites excluding steroid dienone is 3. The molecule has 1 aromatic heterocycles. The Morgan fingerprint density at radius 2 is 1.84 bits per heavy atom. The van der Waals surface area contributed by atoms with Gasteiger partial charge >= 0.3 is 0 Å². The Labute approximate surface area is 185 Å². The first kappa shape index (κ1) is 20.1. The molecule has 1 saturated heterocycles. The van der Waals surface area contributed by atoms with Crippen LogP contribution in [0, 0.1) is 26.8 Å². The average molecular weight is 411 g/mol. The Morgan fingerprint density at radius 1 is 1.06 bits per heavy atom. The fraction of sp³-hybridized carbons (Fsp3) is 0.393. The molecule has 3 nitrogen and oxygen atoms in total. The van der Waals surface area contributed by atoms with Gasteiger partial charge in [0.15, 0.2) is 0 Å². The molecule has 1 N–H and O–H groups in total. The Morgan fingerprint density at radius 3 is 2.65 bits per heavy atom. The number of benzene rings is 2. The Kier molecular flexibility index (Phi) is 4.80. The van der Waals surface area contributed by atoms with Crippen molar-refractivity contribution < 1.29 is 0 Å². The van der Waals surface area contributed by atoms with E-state index in [1.807, 2.05) is 0 Å². The SMILES string of the molecule is CC1=CCC(c2ccccc2C)[C]=C1N1CCC[C@@]1(C)c1nc2cc(C)c(C)cc2[nH]1. The number of hydrogen-bond donors (Lipinski definition) is 1. The maximum atomic E-state index is 5.07. The molecule has 2 atom stereocenters. The van der Waals surface area contributed by atoms with Crippen LogP contribution < -0.4 is 0 Å². The van der Waals surface area contributed by atoms with Crippen LogP contribution in [0.1, 0.15) is 67.1 Å². The number of fused-ring (bicyclic) bond motifs is 1. The standard InChI is InChI=1S/C28H32N3/c1-18-9-6-7-10-23(18)22-12-11-19(2)26(17-22)31-14-8-13-28(31,5)27-29-24-15-20(3)21(4)16-25(24)30-27/h6-7,9-11,15-16,22H,8,12-14H2,1-5H3,(H,29,30)/t22?,28-/m0/s1. The number of nitrogens with one attached hydrogen (secondary N) is 1. The molecular formula is C28H32N3. The number of aromatic nitrogens is 2. The fourth-order valence-corrected chi connectivity index (χ4v) is 5.29. The number of aromatic amines is 1. The van der Waals surface area contributed by atoms with E-state index < -0.39 is 0 Å². The van der Waals surface area contributed by atoms with E-state index in [9.17, 15) is 0 Å². The van der Waals surface area contributed by atoms with Gasteiger partial charge in [0.05, 0.1) is 16.6 Å². The molecule has 1 radical (unpaired) electrons. The van der Waals surface area contributed by atoms with Gasteiger partial charge in [-0.3, -0.25) is 0 Å². The van der Waals surface area contributed by atoms with Crippen molar-refractivity contribution in [3.63, 3.8) is 0 Å². The van der Waals surface area contributed by atoms with Gasteiger partial charge in [-0.25, -0.2) is 4.98 Å². The predicted molar refractivity (Wildman–Crippen MR) is 128 cm³/mol. The Hall–Kier alpha value is -2.81. The molecule has 5 rings (SSSR count). The second-order valence-electron chi connectivity index (χ2n) is 9.59. The lowest BCUT2D eigenvalue weighted by molar-refractivity contribution is 0.197. The first-order valence-electron chi connectivity index (χ1n) is 11.5. The minimum absolute atomic E-state index is 0.147. The summed E-state index contributed by atoms with van der Waals surface area (Å²) in [5, 5.41) is 0. The summed E-state index contributed by atoms with van der Waals surface area (Å²) in [4.78, 5) is 11.3. The van der Waals surface area contributed by atoms with E-state index >= 15 is 0 Å². The summed E-state index contributed by atoms with van der Waals surface area (Å²) in [5.74, 6) is 1.39. The molecule has 159 valence electrons. The van der Waals surface area contributed by atoms with Crippen LogP contribution in [0.4, 0.5) is 0 Å². The summed E-state index contributed by atoms with van der Waals surface area (Å²) in [6.45, 7) is 12.2. The van der Waals surface area contributed by atoms with Crippen LogP contribution in [-0.2, 0) is 5.54 Å². The molecule has 3 aromatic rings. The van der Waals surface area contributed by atoms with E-state index in [0.717, 1.165) is 36.2 Å². The summed E-state index contributed by atoms with van der Waals surface area (Å²) in [6, 6.07) is 13.2. The molecular weight excluding hydrogens is 378 g/mol. The number of aryl methyl sites for hydroxylation is 3. The molecule has 2 heterocycles. The molecule has 0 amide bonds. The van der Waals surface area contributed by atoms with Gasteiger partial charge in [0.2, 0.25) is 0 Å². The number of rotatable bonds is 3. The number of imidazole rings is 1. The second-order valence-corrected chi connectivity index (χ2v) is 9.59.